The molecule has 0 radical (unpaired) electrons. The first-order chi connectivity index (χ1) is 8.34. The predicted molar refractivity (Wildman–Crippen MR) is 71.6 cm³/mol. The van der Waals surface area contributed by atoms with Gasteiger partial charge in [-0.3, -0.25) is 0 Å². The average Bonchev–Trinajstić information content (AvgIpc) is 2.86. The third-order valence-electron chi connectivity index (χ3n) is 2.38. The van der Waals surface area contributed by atoms with Crippen LogP contribution in [0.2, 0.25) is 0 Å². The van der Waals surface area contributed by atoms with Crippen LogP contribution < -0.4 is 5.32 Å². The molecule has 1 N–H and O–H groups in total. The Balaban J connectivity index is 1.92. The van der Waals surface area contributed by atoms with Crippen LogP contribution in [0.25, 0.3) is 0 Å². The number of rotatable bonds is 9. The summed E-state index contributed by atoms with van der Waals surface area (Å²) < 4.78 is 5.17. The highest BCUT2D eigenvalue weighted by Crippen LogP contribution is 2.10. The third kappa shape index (κ3) is 6.44. The first-order valence-corrected chi connectivity index (χ1v) is 7.14. The summed E-state index contributed by atoms with van der Waals surface area (Å²) in [6.45, 7) is 4.85. The van der Waals surface area contributed by atoms with Crippen LogP contribution in [0.4, 0.5) is 0 Å². The molecule has 0 aliphatic heterocycles. The topological polar surface area (TPSA) is 38.3 Å². The number of hydrogen-bond acceptors (Lipinski definition) is 4. The molecular weight excluding hydrogens is 234 g/mol. The Labute approximate surface area is 107 Å². The van der Waals surface area contributed by atoms with Crippen LogP contribution >= 0.6 is 11.3 Å². The van der Waals surface area contributed by atoms with Crippen LogP contribution in [0.3, 0.4) is 0 Å². The smallest absolute Gasteiger partial charge is 0.348 e. The molecule has 1 heterocycles. The number of hydrogen-bond donors (Lipinski definition) is 1. The van der Waals surface area contributed by atoms with Crippen molar-refractivity contribution in [2.75, 3.05) is 19.7 Å². The van der Waals surface area contributed by atoms with E-state index < -0.39 is 0 Å². The van der Waals surface area contributed by atoms with Gasteiger partial charge in [-0.15, -0.1) is 11.3 Å². The summed E-state index contributed by atoms with van der Waals surface area (Å²) >= 11 is 1.42. The van der Waals surface area contributed by atoms with E-state index in [1.807, 2.05) is 11.4 Å². The minimum Gasteiger partial charge on any atom is -0.462 e. The highest BCUT2D eigenvalue weighted by Gasteiger charge is 2.06. The molecule has 1 aromatic heterocycles. The Bertz CT molecular complexity index is 298. The molecule has 0 unspecified atom stereocenters. The van der Waals surface area contributed by atoms with E-state index >= 15 is 0 Å². The lowest BCUT2D eigenvalue weighted by Gasteiger charge is -2.04. The van der Waals surface area contributed by atoms with Crippen molar-refractivity contribution in [3.05, 3.63) is 22.4 Å². The van der Waals surface area contributed by atoms with Crippen molar-refractivity contribution in [3.8, 4) is 0 Å². The lowest BCUT2D eigenvalue weighted by atomic mass is 10.2. The molecule has 4 heteroatoms. The van der Waals surface area contributed by atoms with Crippen molar-refractivity contribution < 1.29 is 9.53 Å². The number of nitrogens with one attached hydrogen (secondary N) is 1. The standard InChI is InChI=1S/C13H21NO2S/c1-2-8-14-9-4-3-5-10-16-13(15)12-7-6-11-17-12/h6-7,11,14H,2-5,8-10H2,1H3. The van der Waals surface area contributed by atoms with Crippen LogP contribution in [0.5, 0.6) is 0 Å². The summed E-state index contributed by atoms with van der Waals surface area (Å²) in [5.74, 6) is -0.191. The van der Waals surface area contributed by atoms with Crippen molar-refractivity contribution in [1.29, 1.82) is 0 Å². The molecule has 0 aliphatic carbocycles. The van der Waals surface area contributed by atoms with Gasteiger partial charge in [0.25, 0.3) is 0 Å². The Morgan fingerprint density at radius 3 is 2.94 bits per heavy atom. The molecule has 0 saturated heterocycles. The molecule has 0 amide bonds. The van der Waals surface area contributed by atoms with Gasteiger partial charge in [-0.25, -0.2) is 4.79 Å². The van der Waals surface area contributed by atoms with E-state index in [0.717, 1.165) is 32.4 Å². The maximum Gasteiger partial charge on any atom is 0.348 e. The Kier molecular flexibility index (Phi) is 7.67. The lowest BCUT2D eigenvalue weighted by molar-refractivity contribution is 0.0503. The summed E-state index contributed by atoms with van der Waals surface area (Å²) in [5, 5.41) is 5.24. The SMILES string of the molecule is CCCNCCCCCOC(=O)c1cccs1. The van der Waals surface area contributed by atoms with Gasteiger partial charge in [0.1, 0.15) is 4.88 Å². The minimum absolute atomic E-state index is 0.191. The van der Waals surface area contributed by atoms with Crippen LogP contribution in [0.15, 0.2) is 17.5 Å². The van der Waals surface area contributed by atoms with Crippen molar-refractivity contribution in [2.24, 2.45) is 0 Å². The number of carbonyl (C=O) groups excluding carboxylic acids is 1. The first kappa shape index (κ1) is 14.2. The van der Waals surface area contributed by atoms with Crippen LogP contribution in [0, 0.1) is 0 Å². The number of esters is 1. The zero-order valence-electron chi connectivity index (χ0n) is 10.4. The van der Waals surface area contributed by atoms with Crippen LogP contribution in [-0.4, -0.2) is 25.7 Å². The molecule has 0 atom stereocenters. The largest absolute Gasteiger partial charge is 0.462 e. The van der Waals surface area contributed by atoms with Gasteiger partial charge in [0.2, 0.25) is 0 Å². The molecule has 1 aromatic rings. The second-order valence-corrected chi connectivity index (χ2v) is 4.87. The van der Waals surface area contributed by atoms with Gasteiger partial charge < -0.3 is 10.1 Å². The van der Waals surface area contributed by atoms with Crippen molar-refractivity contribution in [2.45, 2.75) is 32.6 Å². The number of carbonyl (C=O) groups is 1. The molecule has 0 spiro atoms. The lowest BCUT2D eigenvalue weighted by Crippen LogP contribution is -2.15. The zero-order valence-corrected chi connectivity index (χ0v) is 11.2. The molecule has 0 fully saturated rings. The number of unbranched alkanes of at least 4 members (excludes halogenated alkanes) is 2. The van der Waals surface area contributed by atoms with Gasteiger partial charge in [0.15, 0.2) is 0 Å². The first-order valence-electron chi connectivity index (χ1n) is 6.26. The molecule has 17 heavy (non-hydrogen) atoms. The summed E-state index contributed by atoms with van der Waals surface area (Å²) in [6.07, 6.45) is 4.38. The average molecular weight is 255 g/mol. The van der Waals surface area contributed by atoms with Gasteiger partial charge in [-0.2, -0.15) is 0 Å². The minimum atomic E-state index is -0.191. The molecule has 1 rings (SSSR count). The second kappa shape index (κ2) is 9.19. The fourth-order valence-corrected chi connectivity index (χ4v) is 2.08. The fraction of sp³-hybridized carbons (Fsp3) is 0.615. The normalized spacial score (nSPS) is 10.4. The van der Waals surface area contributed by atoms with E-state index in [-0.39, 0.29) is 5.97 Å². The highest BCUT2D eigenvalue weighted by atomic mass is 32.1. The molecule has 0 aromatic carbocycles. The Morgan fingerprint density at radius 2 is 2.24 bits per heavy atom. The summed E-state index contributed by atoms with van der Waals surface area (Å²) in [7, 11) is 0. The summed E-state index contributed by atoms with van der Waals surface area (Å²) in [6, 6.07) is 3.66. The molecule has 0 bridgehead atoms. The molecule has 0 aliphatic rings. The monoisotopic (exact) mass is 255 g/mol. The van der Waals surface area contributed by atoms with E-state index in [0.29, 0.717) is 11.5 Å². The predicted octanol–water partition coefficient (Wildman–Crippen LogP) is 3.07. The van der Waals surface area contributed by atoms with E-state index in [2.05, 4.69) is 12.2 Å². The van der Waals surface area contributed by atoms with E-state index in [4.69, 9.17) is 4.74 Å². The Morgan fingerprint density at radius 1 is 1.35 bits per heavy atom. The van der Waals surface area contributed by atoms with Crippen LogP contribution in [0.1, 0.15) is 42.3 Å². The van der Waals surface area contributed by atoms with E-state index in [9.17, 15) is 4.79 Å². The molecular formula is C13H21NO2S. The molecule has 96 valence electrons. The van der Waals surface area contributed by atoms with Crippen molar-refractivity contribution >= 4 is 17.3 Å². The van der Waals surface area contributed by atoms with Crippen molar-refractivity contribution in [3.63, 3.8) is 0 Å². The maximum atomic E-state index is 11.5. The van der Waals surface area contributed by atoms with Gasteiger partial charge >= 0.3 is 5.97 Å². The van der Waals surface area contributed by atoms with E-state index in [1.165, 1.54) is 17.8 Å². The number of thiophene rings is 1. The zero-order chi connectivity index (χ0) is 12.3. The van der Waals surface area contributed by atoms with Gasteiger partial charge in [-0.1, -0.05) is 13.0 Å². The summed E-state index contributed by atoms with van der Waals surface area (Å²) in [5.41, 5.74) is 0. The Hall–Kier alpha value is -0.870. The quantitative estimate of drug-likeness (QED) is 0.544. The molecule has 0 saturated carbocycles. The van der Waals surface area contributed by atoms with Gasteiger partial charge in [0, 0.05) is 0 Å². The maximum absolute atomic E-state index is 11.5. The summed E-state index contributed by atoms with van der Waals surface area (Å²) in [4.78, 5) is 12.1. The van der Waals surface area contributed by atoms with Crippen molar-refractivity contribution in [1.82, 2.24) is 5.32 Å². The second-order valence-electron chi connectivity index (χ2n) is 3.92. The third-order valence-corrected chi connectivity index (χ3v) is 3.23. The highest BCUT2D eigenvalue weighted by molar-refractivity contribution is 7.11. The van der Waals surface area contributed by atoms with Gasteiger partial charge in [0.05, 0.1) is 6.61 Å². The van der Waals surface area contributed by atoms with Crippen LogP contribution in [-0.2, 0) is 4.74 Å². The van der Waals surface area contributed by atoms with E-state index in [1.54, 1.807) is 6.07 Å². The number of ether oxygens (including phenoxy) is 1. The fourth-order valence-electron chi connectivity index (χ4n) is 1.46. The van der Waals surface area contributed by atoms with Gasteiger partial charge in [-0.05, 0) is 50.2 Å². The molecule has 3 nitrogen and oxygen atoms in total.